The Labute approximate surface area is 93.6 Å². The molecule has 2 rings (SSSR count). The third-order valence-corrected chi connectivity index (χ3v) is 2.81. The largest absolute Gasteiger partial charge is 0.143 e. The maximum atomic E-state index is 4.38. The summed E-state index contributed by atoms with van der Waals surface area (Å²) in [5.74, 6) is 0. The number of hydrogen-bond acceptors (Lipinski definition) is 3. The summed E-state index contributed by atoms with van der Waals surface area (Å²) in [7, 11) is 0. The molecule has 13 heavy (non-hydrogen) atoms. The van der Waals surface area contributed by atoms with Crippen molar-refractivity contribution in [1.29, 1.82) is 0 Å². The summed E-state index contributed by atoms with van der Waals surface area (Å²) < 4.78 is 0. The summed E-state index contributed by atoms with van der Waals surface area (Å²) in [5.41, 5.74) is 0. The monoisotopic (exact) mass is 224 g/mol. The van der Waals surface area contributed by atoms with Gasteiger partial charge in [-0.3, -0.25) is 0 Å². The second kappa shape index (κ2) is 3.48. The van der Waals surface area contributed by atoms with E-state index >= 15 is 0 Å². The van der Waals surface area contributed by atoms with Crippen molar-refractivity contribution in [3.8, 4) is 0 Å². The molecule has 0 spiro atoms. The zero-order valence-corrected chi connectivity index (χ0v) is 9.41. The number of hydrogen-bond donors (Lipinski definition) is 3. The zero-order chi connectivity index (χ0) is 9.42. The minimum Gasteiger partial charge on any atom is -0.143 e. The van der Waals surface area contributed by atoms with Gasteiger partial charge >= 0.3 is 0 Å². The van der Waals surface area contributed by atoms with E-state index in [1.807, 2.05) is 30.3 Å². The van der Waals surface area contributed by atoms with Crippen LogP contribution in [0.3, 0.4) is 0 Å². The summed E-state index contributed by atoms with van der Waals surface area (Å²) >= 11 is 12.9. The molecule has 0 N–H and O–H groups in total. The number of thiol groups is 3. The third-order valence-electron chi connectivity index (χ3n) is 1.90. The normalized spacial score (nSPS) is 10.7. The number of benzene rings is 2. The Bertz CT molecular complexity index is 458. The van der Waals surface area contributed by atoms with Gasteiger partial charge in [-0.05, 0) is 35.0 Å². The molecule has 2 aromatic carbocycles. The Morgan fingerprint density at radius 1 is 0.769 bits per heavy atom. The van der Waals surface area contributed by atoms with Crippen molar-refractivity contribution < 1.29 is 0 Å². The Morgan fingerprint density at radius 3 is 2.23 bits per heavy atom. The van der Waals surface area contributed by atoms with Crippen LogP contribution < -0.4 is 0 Å². The van der Waals surface area contributed by atoms with E-state index in [4.69, 9.17) is 0 Å². The van der Waals surface area contributed by atoms with Crippen LogP contribution in [0.2, 0.25) is 0 Å². The molecule has 0 aliphatic carbocycles. The second-order valence-electron chi connectivity index (χ2n) is 2.87. The molecule has 0 atom stereocenters. The van der Waals surface area contributed by atoms with Gasteiger partial charge in [0.25, 0.3) is 0 Å². The highest BCUT2D eigenvalue weighted by molar-refractivity contribution is 7.81. The lowest BCUT2D eigenvalue weighted by atomic mass is 10.1. The van der Waals surface area contributed by atoms with Crippen molar-refractivity contribution in [1.82, 2.24) is 0 Å². The number of rotatable bonds is 0. The van der Waals surface area contributed by atoms with Crippen LogP contribution in [0.25, 0.3) is 10.8 Å². The van der Waals surface area contributed by atoms with Gasteiger partial charge in [-0.2, -0.15) is 0 Å². The van der Waals surface area contributed by atoms with Gasteiger partial charge in [0.1, 0.15) is 0 Å². The molecule has 0 heterocycles. The molecule has 0 unspecified atom stereocenters. The fourth-order valence-corrected chi connectivity index (χ4v) is 2.25. The topological polar surface area (TPSA) is 0 Å². The molecule has 0 radical (unpaired) electrons. The van der Waals surface area contributed by atoms with Crippen LogP contribution in [-0.2, 0) is 0 Å². The standard InChI is InChI=1S/C10H8S3/c11-7-1-2-9-6(3-7)4-8(12)5-10(9)13/h1-5,11-13H. The molecule has 0 saturated heterocycles. The smallest absolute Gasteiger partial charge is 0.0130 e. The molecule has 0 aromatic heterocycles. The molecule has 0 amide bonds. The van der Waals surface area contributed by atoms with Crippen LogP contribution in [0.4, 0.5) is 0 Å². The van der Waals surface area contributed by atoms with Crippen molar-refractivity contribution >= 4 is 48.7 Å². The Kier molecular flexibility index (Phi) is 2.49. The van der Waals surface area contributed by atoms with Crippen LogP contribution in [0.5, 0.6) is 0 Å². The van der Waals surface area contributed by atoms with Crippen molar-refractivity contribution in [2.75, 3.05) is 0 Å². The zero-order valence-electron chi connectivity index (χ0n) is 6.73. The van der Waals surface area contributed by atoms with Gasteiger partial charge in [0.15, 0.2) is 0 Å². The maximum Gasteiger partial charge on any atom is 0.0130 e. The SMILES string of the molecule is Sc1ccc2c(S)cc(S)cc2c1. The van der Waals surface area contributed by atoms with E-state index < -0.39 is 0 Å². The van der Waals surface area contributed by atoms with E-state index in [-0.39, 0.29) is 0 Å². The van der Waals surface area contributed by atoms with Crippen LogP contribution in [0, 0.1) is 0 Å². The molecule has 0 aliphatic rings. The molecule has 3 heteroatoms. The summed E-state index contributed by atoms with van der Waals surface area (Å²) in [4.78, 5) is 2.84. The van der Waals surface area contributed by atoms with E-state index in [0.717, 1.165) is 25.5 Å². The van der Waals surface area contributed by atoms with E-state index in [9.17, 15) is 0 Å². The first-order valence-electron chi connectivity index (χ1n) is 3.81. The van der Waals surface area contributed by atoms with Crippen LogP contribution >= 0.6 is 37.9 Å². The summed E-state index contributed by atoms with van der Waals surface area (Å²) in [6.07, 6.45) is 0. The second-order valence-corrected chi connectivity index (χ2v) is 4.38. The van der Waals surface area contributed by atoms with Crippen molar-refractivity contribution in [3.05, 3.63) is 30.3 Å². The van der Waals surface area contributed by atoms with Gasteiger partial charge in [-0.1, -0.05) is 6.07 Å². The average molecular weight is 224 g/mol. The van der Waals surface area contributed by atoms with Gasteiger partial charge in [0.05, 0.1) is 0 Å². The van der Waals surface area contributed by atoms with E-state index in [1.165, 1.54) is 0 Å². The Morgan fingerprint density at radius 2 is 1.46 bits per heavy atom. The molecule has 66 valence electrons. The van der Waals surface area contributed by atoms with Crippen molar-refractivity contribution in [2.24, 2.45) is 0 Å². The third kappa shape index (κ3) is 1.82. The van der Waals surface area contributed by atoms with Crippen molar-refractivity contribution in [2.45, 2.75) is 14.7 Å². The molecular formula is C10H8S3. The summed E-state index contributed by atoms with van der Waals surface area (Å²) in [6, 6.07) is 9.94. The first-order valence-corrected chi connectivity index (χ1v) is 5.16. The predicted molar refractivity (Wildman–Crippen MR) is 65.7 cm³/mol. The number of fused-ring (bicyclic) bond motifs is 1. The molecule has 0 nitrogen and oxygen atoms in total. The van der Waals surface area contributed by atoms with Crippen molar-refractivity contribution in [3.63, 3.8) is 0 Å². The maximum absolute atomic E-state index is 4.38. The highest BCUT2D eigenvalue weighted by Gasteiger charge is 1.99. The highest BCUT2D eigenvalue weighted by atomic mass is 32.1. The quantitative estimate of drug-likeness (QED) is 0.558. The molecule has 0 bridgehead atoms. The lowest BCUT2D eigenvalue weighted by Crippen LogP contribution is -1.76. The van der Waals surface area contributed by atoms with Crippen LogP contribution in [-0.4, -0.2) is 0 Å². The molecular weight excluding hydrogens is 216 g/mol. The lowest BCUT2D eigenvalue weighted by molar-refractivity contribution is 1.39. The van der Waals surface area contributed by atoms with E-state index in [2.05, 4.69) is 37.9 Å². The molecule has 0 aliphatic heterocycles. The van der Waals surface area contributed by atoms with E-state index in [1.54, 1.807) is 0 Å². The van der Waals surface area contributed by atoms with Gasteiger partial charge in [-0.15, -0.1) is 37.9 Å². The van der Waals surface area contributed by atoms with Crippen LogP contribution in [0.15, 0.2) is 45.0 Å². The Balaban J connectivity index is 2.86. The molecule has 2 aromatic rings. The van der Waals surface area contributed by atoms with Gasteiger partial charge < -0.3 is 0 Å². The highest BCUT2D eigenvalue weighted by Crippen LogP contribution is 2.27. The fraction of sp³-hybridized carbons (Fsp3) is 0. The predicted octanol–water partition coefficient (Wildman–Crippen LogP) is 3.71. The van der Waals surface area contributed by atoms with Gasteiger partial charge in [0, 0.05) is 14.7 Å². The fourth-order valence-electron chi connectivity index (χ4n) is 1.32. The van der Waals surface area contributed by atoms with Crippen LogP contribution in [0.1, 0.15) is 0 Å². The Hall–Kier alpha value is -0.250. The molecule has 0 fully saturated rings. The average Bonchev–Trinajstić information content (AvgIpc) is 2.02. The minimum atomic E-state index is 0.927. The van der Waals surface area contributed by atoms with E-state index in [0.29, 0.717) is 0 Å². The van der Waals surface area contributed by atoms with Gasteiger partial charge in [-0.25, -0.2) is 0 Å². The first-order chi connectivity index (χ1) is 6.16. The first kappa shape index (κ1) is 9.31. The molecule has 0 saturated carbocycles. The van der Waals surface area contributed by atoms with Gasteiger partial charge in [0.2, 0.25) is 0 Å². The summed E-state index contributed by atoms with van der Waals surface area (Å²) in [6.45, 7) is 0. The minimum absolute atomic E-state index is 0.927. The summed E-state index contributed by atoms with van der Waals surface area (Å²) in [5, 5.41) is 2.27. The lowest BCUT2D eigenvalue weighted by Gasteiger charge is -2.03.